The molecular formula is C28H19F4N3O4. The molecule has 1 aliphatic rings. The number of ether oxygens (including phenoxy) is 2. The Morgan fingerprint density at radius 3 is 2.36 bits per heavy atom. The number of carbonyl (C=O) groups is 2. The minimum atomic E-state index is -3.22. The fourth-order valence-corrected chi connectivity index (χ4v) is 4.30. The van der Waals surface area contributed by atoms with E-state index >= 15 is 0 Å². The van der Waals surface area contributed by atoms with Gasteiger partial charge in [-0.3, -0.25) is 9.59 Å². The normalized spacial score (nSPS) is 12.7. The number of nitrogens with one attached hydrogen (secondary N) is 1. The predicted octanol–water partition coefficient (Wildman–Crippen LogP) is 5.97. The third kappa shape index (κ3) is 5.52. The zero-order chi connectivity index (χ0) is 27.5. The molecule has 2 amide bonds. The number of halogens is 4. The molecule has 198 valence electrons. The second kappa shape index (κ2) is 10.8. The van der Waals surface area contributed by atoms with Gasteiger partial charge in [0.1, 0.15) is 11.5 Å². The van der Waals surface area contributed by atoms with Crippen molar-refractivity contribution in [2.45, 2.75) is 19.8 Å². The van der Waals surface area contributed by atoms with Crippen molar-refractivity contribution in [3.05, 3.63) is 101 Å². The van der Waals surface area contributed by atoms with Crippen LogP contribution < -0.4 is 19.8 Å². The third-order valence-corrected chi connectivity index (χ3v) is 6.00. The number of alkyl halides is 4. The number of rotatable bonds is 9. The minimum Gasteiger partial charge on any atom is -0.435 e. The van der Waals surface area contributed by atoms with Crippen LogP contribution in [0.25, 0.3) is 10.8 Å². The summed E-state index contributed by atoms with van der Waals surface area (Å²) in [6.07, 6.45) is 1.04. The molecule has 0 unspecified atom stereocenters. The lowest BCUT2D eigenvalue weighted by molar-refractivity contribution is -0.0543. The van der Waals surface area contributed by atoms with Crippen molar-refractivity contribution >= 4 is 34.5 Å². The third-order valence-electron chi connectivity index (χ3n) is 6.00. The molecule has 0 aromatic heterocycles. The van der Waals surface area contributed by atoms with Crippen molar-refractivity contribution in [2.75, 3.05) is 4.90 Å². The molecule has 1 heterocycles. The molecule has 0 spiro atoms. The van der Waals surface area contributed by atoms with Crippen LogP contribution in [0.2, 0.25) is 0 Å². The van der Waals surface area contributed by atoms with Crippen LogP contribution in [0.3, 0.4) is 0 Å². The van der Waals surface area contributed by atoms with Gasteiger partial charge in [0.15, 0.2) is 0 Å². The average Bonchev–Trinajstić information content (AvgIpc) is 3.17. The van der Waals surface area contributed by atoms with E-state index in [2.05, 4.69) is 20.0 Å². The number of hydrogen-bond donors (Lipinski definition) is 1. The van der Waals surface area contributed by atoms with Crippen LogP contribution in [0, 0.1) is 0 Å². The first-order valence-corrected chi connectivity index (χ1v) is 11.6. The Kier molecular flexibility index (Phi) is 7.13. The number of hydrogen-bond acceptors (Lipinski definition) is 5. The Morgan fingerprint density at radius 1 is 0.923 bits per heavy atom. The summed E-state index contributed by atoms with van der Waals surface area (Å²) in [6.45, 7) is -6.05. The smallest absolute Gasteiger partial charge is 0.387 e. The Balaban J connectivity index is 1.25. The zero-order valence-corrected chi connectivity index (χ0v) is 20.0. The second-order valence-corrected chi connectivity index (χ2v) is 8.42. The molecule has 0 radical (unpaired) electrons. The van der Waals surface area contributed by atoms with Crippen LogP contribution in [-0.2, 0) is 6.54 Å². The van der Waals surface area contributed by atoms with Gasteiger partial charge in [-0.05, 0) is 47.3 Å². The fourth-order valence-electron chi connectivity index (χ4n) is 4.30. The van der Waals surface area contributed by atoms with E-state index in [4.69, 9.17) is 0 Å². The molecule has 39 heavy (non-hydrogen) atoms. The van der Waals surface area contributed by atoms with Crippen molar-refractivity contribution in [1.29, 1.82) is 0 Å². The highest BCUT2D eigenvalue weighted by molar-refractivity contribution is 6.24. The summed E-state index contributed by atoms with van der Waals surface area (Å²) in [5.74, 6) is -1.51. The molecule has 0 atom stereocenters. The molecule has 5 rings (SSSR count). The molecule has 1 aliphatic heterocycles. The highest BCUT2D eigenvalue weighted by Crippen LogP contribution is 2.38. The molecule has 11 heteroatoms. The summed E-state index contributed by atoms with van der Waals surface area (Å²) in [5.41, 5.74) is 4.81. The summed E-state index contributed by atoms with van der Waals surface area (Å²) >= 11 is 0. The quantitative estimate of drug-likeness (QED) is 0.162. The van der Waals surface area contributed by atoms with E-state index in [1.807, 2.05) is 30.3 Å². The maximum absolute atomic E-state index is 13.0. The summed E-state index contributed by atoms with van der Waals surface area (Å²) in [4.78, 5) is 27.2. The molecule has 0 saturated carbocycles. The van der Waals surface area contributed by atoms with Crippen LogP contribution in [0.5, 0.6) is 11.5 Å². The van der Waals surface area contributed by atoms with Gasteiger partial charge in [-0.1, -0.05) is 36.4 Å². The molecule has 1 N–H and O–H groups in total. The number of hydrazone groups is 1. The van der Waals surface area contributed by atoms with Crippen molar-refractivity contribution in [2.24, 2.45) is 5.10 Å². The highest BCUT2D eigenvalue weighted by Gasteiger charge is 2.29. The van der Waals surface area contributed by atoms with Gasteiger partial charge < -0.3 is 14.4 Å². The number of amides is 2. The molecule has 7 nitrogen and oxygen atoms in total. The van der Waals surface area contributed by atoms with Crippen molar-refractivity contribution < 1.29 is 36.6 Å². The standard InChI is InChI=1S/C28H19F4N3O4/c29-27(30)38-20-12-11-19(23(13-20)39-28(31)32)14-33-34-25(36)18-9-7-16(8-10-18)15-35-22-6-2-4-17-3-1-5-21(24(17)22)26(35)37/h1-14,27-28H,15H2,(H,34,36)/b33-14+. The minimum absolute atomic E-state index is 0.00105. The molecule has 0 aliphatic carbocycles. The lowest BCUT2D eigenvalue weighted by Crippen LogP contribution is -2.26. The molecule has 0 saturated heterocycles. The first-order chi connectivity index (χ1) is 18.8. The van der Waals surface area contributed by atoms with Crippen molar-refractivity contribution in [3.8, 4) is 11.5 Å². The van der Waals surface area contributed by atoms with Gasteiger partial charge in [-0.2, -0.15) is 22.7 Å². The molecule has 4 aromatic rings. The predicted molar refractivity (Wildman–Crippen MR) is 136 cm³/mol. The van der Waals surface area contributed by atoms with Crippen LogP contribution >= 0.6 is 0 Å². The van der Waals surface area contributed by atoms with Gasteiger partial charge in [0.25, 0.3) is 11.8 Å². The Labute approximate surface area is 219 Å². The number of benzene rings is 4. The Bertz CT molecular complexity index is 1570. The van der Waals surface area contributed by atoms with Crippen LogP contribution in [0.4, 0.5) is 23.2 Å². The number of nitrogens with zero attached hydrogens (tertiary/aromatic N) is 2. The van der Waals surface area contributed by atoms with E-state index in [-0.39, 0.29) is 22.8 Å². The lowest BCUT2D eigenvalue weighted by Gasteiger charge is -2.18. The molecule has 4 aromatic carbocycles. The van der Waals surface area contributed by atoms with E-state index in [0.29, 0.717) is 12.1 Å². The topological polar surface area (TPSA) is 80.2 Å². The maximum Gasteiger partial charge on any atom is 0.387 e. The summed E-state index contributed by atoms with van der Waals surface area (Å²) in [6, 6.07) is 21.1. The largest absolute Gasteiger partial charge is 0.435 e. The first kappa shape index (κ1) is 25.7. The summed E-state index contributed by atoms with van der Waals surface area (Å²) in [7, 11) is 0. The van der Waals surface area contributed by atoms with Gasteiger partial charge in [0, 0.05) is 28.1 Å². The average molecular weight is 537 g/mol. The van der Waals surface area contributed by atoms with Gasteiger partial charge >= 0.3 is 13.2 Å². The number of anilines is 1. The van der Waals surface area contributed by atoms with Crippen LogP contribution in [0.15, 0.2) is 84.0 Å². The SMILES string of the molecule is O=C(N/N=C/c1ccc(OC(F)F)cc1OC(F)F)c1ccc(CN2C(=O)c3cccc4cccc2c34)cc1. The van der Waals surface area contributed by atoms with Crippen LogP contribution in [-0.4, -0.2) is 31.3 Å². The van der Waals surface area contributed by atoms with Crippen molar-refractivity contribution in [1.82, 2.24) is 5.43 Å². The van der Waals surface area contributed by atoms with Gasteiger partial charge in [0.05, 0.1) is 18.4 Å². The van der Waals surface area contributed by atoms with E-state index in [1.165, 1.54) is 6.07 Å². The van der Waals surface area contributed by atoms with E-state index in [1.54, 1.807) is 35.2 Å². The van der Waals surface area contributed by atoms with E-state index in [0.717, 1.165) is 40.4 Å². The molecular weight excluding hydrogens is 518 g/mol. The number of carbonyl (C=O) groups excluding carboxylic acids is 2. The fraction of sp³-hybridized carbons (Fsp3) is 0.107. The Morgan fingerprint density at radius 2 is 1.64 bits per heavy atom. The second-order valence-electron chi connectivity index (χ2n) is 8.42. The Hall–Kier alpha value is -4.93. The van der Waals surface area contributed by atoms with Gasteiger partial charge in [0.2, 0.25) is 0 Å². The van der Waals surface area contributed by atoms with E-state index < -0.39 is 24.9 Å². The van der Waals surface area contributed by atoms with Gasteiger partial charge in [-0.15, -0.1) is 0 Å². The molecule has 0 fully saturated rings. The summed E-state index contributed by atoms with van der Waals surface area (Å²) < 4.78 is 58.8. The maximum atomic E-state index is 13.0. The zero-order valence-electron chi connectivity index (χ0n) is 20.0. The van der Waals surface area contributed by atoms with Gasteiger partial charge in [-0.25, -0.2) is 5.43 Å². The van der Waals surface area contributed by atoms with Crippen molar-refractivity contribution in [3.63, 3.8) is 0 Å². The lowest BCUT2D eigenvalue weighted by atomic mass is 10.1. The monoisotopic (exact) mass is 537 g/mol. The van der Waals surface area contributed by atoms with Crippen LogP contribution in [0.1, 0.15) is 31.8 Å². The first-order valence-electron chi connectivity index (χ1n) is 11.6. The van der Waals surface area contributed by atoms with E-state index in [9.17, 15) is 27.2 Å². The highest BCUT2D eigenvalue weighted by atomic mass is 19.3. The summed E-state index contributed by atoms with van der Waals surface area (Å²) in [5, 5.41) is 5.64. The molecule has 0 bridgehead atoms.